The third-order valence-electron chi connectivity index (χ3n) is 5.09. The van der Waals surface area contributed by atoms with Crippen molar-refractivity contribution in [1.29, 1.82) is 0 Å². The van der Waals surface area contributed by atoms with Gasteiger partial charge in [0.15, 0.2) is 5.78 Å². The van der Waals surface area contributed by atoms with E-state index in [9.17, 15) is 9.59 Å². The van der Waals surface area contributed by atoms with Gasteiger partial charge in [-0.25, -0.2) is 0 Å². The van der Waals surface area contributed by atoms with Crippen LogP contribution in [0.5, 0.6) is 0 Å². The fraction of sp³-hybridized carbons (Fsp3) is 0.455. The zero-order valence-corrected chi connectivity index (χ0v) is 18.3. The highest BCUT2D eigenvalue weighted by Crippen LogP contribution is 2.23. The minimum atomic E-state index is -0.0317. The van der Waals surface area contributed by atoms with E-state index in [4.69, 9.17) is 16.3 Å². The molecule has 2 heterocycles. The summed E-state index contributed by atoms with van der Waals surface area (Å²) >= 11 is 7.18. The molecule has 1 atom stereocenters. The summed E-state index contributed by atoms with van der Waals surface area (Å²) in [4.78, 5) is 30.3. The van der Waals surface area contributed by atoms with Gasteiger partial charge in [0, 0.05) is 45.1 Å². The van der Waals surface area contributed by atoms with Crippen LogP contribution in [0.15, 0.2) is 42.5 Å². The Kier molecular flexibility index (Phi) is 8.24. The van der Waals surface area contributed by atoms with Gasteiger partial charge in [0.25, 0.3) is 0 Å². The maximum Gasteiger partial charge on any atom is 0.223 e. The number of carbonyl (C=O) groups is 2. The lowest BCUT2D eigenvalue weighted by Gasteiger charge is -2.35. The number of Topliss-reactive ketones (excluding diaryl/α,β-unsaturated/α-hetero) is 1. The van der Waals surface area contributed by atoms with E-state index in [1.54, 1.807) is 12.1 Å². The van der Waals surface area contributed by atoms with Gasteiger partial charge in [-0.15, -0.1) is 11.3 Å². The molecule has 0 N–H and O–H groups in total. The van der Waals surface area contributed by atoms with Crippen LogP contribution in [0.2, 0.25) is 4.34 Å². The number of ether oxygens (including phenoxy) is 1. The molecular formula is C22H27ClN2O3S. The van der Waals surface area contributed by atoms with Crippen LogP contribution in [0.25, 0.3) is 0 Å². The molecule has 156 valence electrons. The lowest BCUT2D eigenvalue weighted by Crippen LogP contribution is -2.48. The van der Waals surface area contributed by atoms with Crippen molar-refractivity contribution in [1.82, 2.24) is 9.80 Å². The van der Waals surface area contributed by atoms with Gasteiger partial charge in [0.2, 0.25) is 5.91 Å². The Morgan fingerprint density at radius 2 is 1.86 bits per heavy atom. The van der Waals surface area contributed by atoms with Crippen LogP contribution in [0.1, 0.15) is 35.0 Å². The zero-order valence-electron chi connectivity index (χ0n) is 16.7. The summed E-state index contributed by atoms with van der Waals surface area (Å²) in [6, 6.07) is 13.5. The number of morpholine rings is 1. The number of hydrogen-bond acceptors (Lipinski definition) is 5. The average molecular weight is 435 g/mol. The number of nitrogens with zero attached hydrogens (tertiary/aromatic N) is 2. The predicted octanol–water partition coefficient (Wildman–Crippen LogP) is 4.11. The summed E-state index contributed by atoms with van der Waals surface area (Å²) in [6.45, 7) is 6.66. The summed E-state index contributed by atoms with van der Waals surface area (Å²) in [6.07, 6.45) is 0.403. The summed E-state index contributed by atoms with van der Waals surface area (Å²) < 4.78 is 6.01. The van der Waals surface area contributed by atoms with Crippen molar-refractivity contribution in [3.05, 3.63) is 57.2 Å². The maximum absolute atomic E-state index is 13.1. The molecule has 0 spiro atoms. The second-order valence-electron chi connectivity index (χ2n) is 7.30. The van der Waals surface area contributed by atoms with Gasteiger partial charge in [-0.2, -0.15) is 0 Å². The third-order valence-corrected chi connectivity index (χ3v) is 6.36. The van der Waals surface area contributed by atoms with Gasteiger partial charge >= 0.3 is 0 Å². The summed E-state index contributed by atoms with van der Waals surface area (Å²) in [7, 11) is 0. The highest BCUT2D eigenvalue weighted by atomic mass is 35.5. The summed E-state index contributed by atoms with van der Waals surface area (Å²) in [5.74, 6) is -0.0265. The highest BCUT2D eigenvalue weighted by Gasteiger charge is 2.24. The lowest BCUT2D eigenvalue weighted by molar-refractivity contribution is -0.134. The van der Waals surface area contributed by atoms with Crippen molar-refractivity contribution in [2.45, 2.75) is 32.4 Å². The molecule has 1 fully saturated rings. The van der Waals surface area contributed by atoms with Crippen LogP contribution in [0.4, 0.5) is 0 Å². The summed E-state index contributed by atoms with van der Waals surface area (Å²) in [5, 5.41) is 0. The minimum Gasteiger partial charge on any atom is -0.379 e. The van der Waals surface area contributed by atoms with Crippen molar-refractivity contribution in [3.8, 4) is 0 Å². The molecule has 1 saturated heterocycles. The van der Waals surface area contributed by atoms with Crippen LogP contribution < -0.4 is 0 Å². The molecule has 0 radical (unpaired) electrons. The van der Waals surface area contributed by atoms with Crippen LogP contribution in [-0.4, -0.2) is 60.4 Å². The molecule has 1 aliphatic rings. The molecule has 0 aliphatic carbocycles. The van der Waals surface area contributed by atoms with Crippen LogP contribution in [0, 0.1) is 0 Å². The molecular weight excluding hydrogens is 408 g/mol. The van der Waals surface area contributed by atoms with Crippen LogP contribution >= 0.6 is 22.9 Å². The first-order chi connectivity index (χ1) is 14.0. The summed E-state index contributed by atoms with van der Waals surface area (Å²) in [5.41, 5.74) is 1.09. The van der Waals surface area contributed by atoms with E-state index in [-0.39, 0.29) is 30.6 Å². The van der Waals surface area contributed by atoms with Gasteiger partial charge < -0.3 is 9.64 Å². The number of ketones is 1. The van der Waals surface area contributed by atoms with E-state index in [2.05, 4.69) is 11.8 Å². The molecule has 29 heavy (non-hydrogen) atoms. The van der Waals surface area contributed by atoms with Gasteiger partial charge in [-0.3, -0.25) is 14.5 Å². The van der Waals surface area contributed by atoms with Crippen LogP contribution in [0.3, 0.4) is 0 Å². The first-order valence-corrected chi connectivity index (χ1v) is 11.1. The van der Waals surface area contributed by atoms with Crippen molar-refractivity contribution in [2.75, 3.05) is 32.8 Å². The first kappa shape index (κ1) is 22.0. The standard InChI is InChI=1S/C22H27ClN2O3S/c1-17(15-24-11-13-28-14-12-24)25(16-18-5-3-2-4-6-18)22(27)10-7-19(26)20-8-9-21(23)29-20/h2-6,8-9,17H,7,10-16H2,1H3. The molecule has 7 heteroatoms. The fourth-order valence-electron chi connectivity index (χ4n) is 3.48. The second kappa shape index (κ2) is 10.9. The molecule has 1 aromatic carbocycles. The van der Waals surface area contributed by atoms with Crippen molar-refractivity contribution < 1.29 is 14.3 Å². The minimum absolute atomic E-state index is 0.00520. The zero-order chi connectivity index (χ0) is 20.6. The third kappa shape index (κ3) is 6.64. The van der Waals surface area contributed by atoms with Gasteiger partial charge in [-0.05, 0) is 24.6 Å². The SMILES string of the molecule is CC(CN1CCOCC1)N(Cc1ccccc1)C(=O)CCC(=O)c1ccc(Cl)s1. The Balaban J connectivity index is 1.63. The molecule has 0 saturated carbocycles. The number of thiophene rings is 1. The molecule has 3 rings (SSSR count). The smallest absolute Gasteiger partial charge is 0.223 e. The normalized spacial score (nSPS) is 15.8. The quantitative estimate of drug-likeness (QED) is 0.557. The number of carbonyl (C=O) groups excluding carboxylic acids is 2. The Morgan fingerprint density at radius 3 is 2.52 bits per heavy atom. The second-order valence-corrected chi connectivity index (χ2v) is 9.01. The van der Waals surface area contributed by atoms with Crippen molar-refractivity contribution in [3.63, 3.8) is 0 Å². The molecule has 1 unspecified atom stereocenters. The Bertz CT molecular complexity index is 805. The van der Waals surface area contributed by atoms with E-state index in [0.717, 1.165) is 38.4 Å². The Morgan fingerprint density at radius 1 is 1.14 bits per heavy atom. The van der Waals surface area contributed by atoms with Gasteiger partial charge in [0.1, 0.15) is 0 Å². The van der Waals surface area contributed by atoms with E-state index >= 15 is 0 Å². The highest BCUT2D eigenvalue weighted by molar-refractivity contribution is 7.18. The van der Waals surface area contributed by atoms with Gasteiger partial charge in [-0.1, -0.05) is 41.9 Å². The molecule has 2 aromatic rings. The Hall–Kier alpha value is -1.73. The van der Waals surface area contributed by atoms with Crippen LogP contribution in [-0.2, 0) is 16.1 Å². The molecule has 1 amide bonds. The lowest BCUT2D eigenvalue weighted by atomic mass is 10.1. The predicted molar refractivity (Wildman–Crippen MR) is 117 cm³/mol. The molecule has 0 bridgehead atoms. The maximum atomic E-state index is 13.1. The number of hydrogen-bond donors (Lipinski definition) is 0. The van der Waals surface area contributed by atoms with Crippen molar-refractivity contribution >= 4 is 34.6 Å². The Labute approximate surface area is 181 Å². The van der Waals surface area contributed by atoms with E-state index in [1.807, 2.05) is 35.2 Å². The number of halogens is 1. The monoisotopic (exact) mass is 434 g/mol. The number of benzene rings is 1. The largest absolute Gasteiger partial charge is 0.379 e. The van der Waals surface area contributed by atoms with Gasteiger partial charge in [0.05, 0.1) is 22.4 Å². The molecule has 5 nitrogen and oxygen atoms in total. The molecule has 1 aliphatic heterocycles. The van der Waals surface area contributed by atoms with Crippen molar-refractivity contribution in [2.24, 2.45) is 0 Å². The molecule has 1 aromatic heterocycles. The van der Waals surface area contributed by atoms with E-state index in [1.165, 1.54) is 11.3 Å². The van der Waals surface area contributed by atoms with E-state index in [0.29, 0.717) is 15.8 Å². The van der Waals surface area contributed by atoms with E-state index < -0.39 is 0 Å². The number of rotatable bonds is 9. The fourth-order valence-corrected chi connectivity index (χ4v) is 4.49. The topological polar surface area (TPSA) is 49.9 Å². The first-order valence-electron chi connectivity index (χ1n) is 9.95. The average Bonchev–Trinajstić information content (AvgIpc) is 3.18. The number of amides is 1.